The molecule has 0 unspecified atom stereocenters. The van der Waals surface area contributed by atoms with Crippen LogP contribution >= 0.6 is 11.6 Å². The van der Waals surface area contributed by atoms with Gasteiger partial charge in [0.2, 0.25) is 0 Å². The second-order valence-corrected chi connectivity index (χ2v) is 5.83. The number of rotatable bonds is 4. The molecule has 0 atom stereocenters. The van der Waals surface area contributed by atoms with Crippen LogP contribution < -0.4 is 5.32 Å². The zero-order valence-corrected chi connectivity index (χ0v) is 13.5. The topological polar surface area (TPSA) is 46.9 Å². The summed E-state index contributed by atoms with van der Waals surface area (Å²) < 4.78 is 1.83. The molecular formula is C16H20ClN3O. The molecule has 0 spiro atoms. The van der Waals surface area contributed by atoms with E-state index in [9.17, 15) is 4.79 Å². The number of hydrogen-bond acceptors (Lipinski definition) is 2. The van der Waals surface area contributed by atoms with E-state index in [0.717, 1.165) is 17.0 Å². The molecule has 0 saturated heterocycles. The molecule has 1 amide bonds. The third kappa shape index (κ3) is 3.45. The molecule has 0 aliphatic heterocycles. The van der Waals surface area contributed by atoms with E-state index in [2.05, 4.69) is 10.4 Å². The van der Waals surface area contributed by atoms with Gasteiger partial charge in [-0.05, 0) is 39.3 Å². The summed E-state index contributed by atoms with van der Waals surface area (Å²) in [6.07, 6.45) is 0. The highest BCUT2D eigenvalue weighted by Gasteiger charge is 2.19. The van der Waals surface area contributed by atoms with E-state index in [1.165, 1.54) is 0 Å². The van der Waals surface area contributed by atoms with Crippen molar-refractivity contribution in [3.05, 3.63) is 51.8 Å². The Labute approximate surface area is 130 Å². The molecule has 1 heterocycles. The molecule has 4 nitrogen and oxygen atoms in total. The van der Waals surface area contributed by atoms with Crippen molar-refractivity contribution in [2.75, 3.05) is 0 Å². The molecule has 0 aliphatic rings. The van der Waals surface area contributed by atoms with Crippen molar-refractivity contribution in [2.24, 2.45) is 0 Å². The predicted molar refractivity (Wildman–Crippen MR) is 84.9 cm³/mol. The van der Waals surface area contributed by atoms with Crippen molar-refractivity contribution in [3.63, 3.8) is 0 Å². The van der Waals surface area contributed by atoms with Crippen molar-refractivity contribution in [1.29, 1.82) is 0 Å². The minimum absolute atomic E-state index is 0.0783. The fraction of sp³-hybridized carbons (Fsp3) is 0.375. The zero-order chi connectivity index (χ0) is 15.6. The average molecular weight is 306 g/mol. The number of halogens is 1. The van der Waals surface area contributed by atoms with E-state index in [0.29, 0.717) is 17.1 Å². The maximum absolute atomic E-state index is 12.2. The maximum atomic E-state index is 12.2. The lowest BCUT2D eigenvalue weighted by molar-refractivity contribution is 0.0942. The van der Waals surface area contributed by atoms with Gasteiger partial charge >= 0.3 is 0 Å². The van der Waals surface area contributed by atoms with Crippen LogP contribution in [0, 0.1) is 13.8 Å². The highest BCUT2D eigenvalue weighted by atomic mass is 35.5. The largest absolute Gasteiger partial charge is 0.350 e. The van der Waals surface area contributed by atoms with E-state index >= 15 is 0 Å². The fourth-order valence-corrected chi connectivity index (χ4v) is 2.50. The molecule has 0 bridgehead atoms. The fourth-order valence-electron chi connectivity index (χ4n) is 2.30. The van der Waals surface area contributed by atoms with E-state index < -0.39 is 0 Å². The van der Waals surface area contributed by atoms with Crippen LogP contribution in [-0.4, -0.2) is 21.7 Å². The summed E-state index contributed by atoms with van der Waals surface area (Å²) in [5.41, 5.74) is 3.22. The summed E-state index contributed by atoms with van der Waals surface area (Å²) in [6.45, 7) is 8.20. The summed E-state index contributed by atoms with van der Waals surface area (Å²) in [6, 6.07) is 7.76. The molecule has 0 fully saturated rings. The van der Waals surface area contributed by atoms with E-state index in [4.69, 9.17) is 11.6 Å². The summed E-state index contributed by atoms with van der Waals surface area (Å²) >= 11 is 6.18. The van der Waals surface area contributed by atoms with Gasteiger partial charge in [0.15, 0.2) is 0 Å². The number of benzene rings is 1. The van der Waals surface area contributed by atoms with Gasteiger partial charge in [0.05, 0.1) is 17.8 Å². The van der Waals surface area contributed by atoms with Gasteiger partial charge in [0.1, 0.15) is 0 Å². The SMILES string of the molecule is Cc1nn(Cc2ccccc2Cl)c(C)c1C(=O)NC(C)C. The zero-order valence-electron chi connectivity index (χ0n) is 12.8. The molecule has 0 radical (unpaired) electrons. The maximum Gasteiger partial charge on any atom is 0.255 e. The van der Waals surface area contributed by atoms with Crippen LogP contribution in [0.4, 0.5) is 0 Å². The van der Waals surface area contributed by atoms with E-state index in [-0.39, 0.29) is 11.9 Å². The van der Waals surface area contributed by atoms with Crippen molar-refractivity contribution >= 4 is 17.5 Å². The van der Waals surface area contributed by atoms with Gasteiger partial charge in [-0.25, -0.2) is 0 Å². The summed E-state index contributed by atoms with van der Waals surface area (Å²) in [4.78, 5) is 12.2. The molecule has 1 aromatic heterocycles. The number of nitrogens with one attached hydrogen (secondary N) is 1. The van der Waals surface area contributed by atoms with Gasteiger partial charge in [-0.2, -0.15) is 5.10 Å². The third-order valence-corrected chi connectivity index (χ3v) is 3.67. The number of hydrogen-bond donors (Lipinski definition) is 1. The van der Waals surface area contributed by atoms with E-state index in [1.54, 1.807) is 0 Å². The van der Waals surface area contributed by atoms with Crippen LogP contribution in [0.3, 0.4) is 0 Å². The van der Waals surface area contributed by atoms with Crippen LogP contribution in [0.25, 0.3) is 0 Å². The van der Waals surface area contributed by atoms with Crippen LogP contribution in [0.1, 0.15) is 41.2 Å². The molecule has 5 heteroatoms. The van der Waals surface area contributed by atoms with Gasteiger partial charge in [-0.3, -0.25) is 9.48 Å². The second-order valence-electron chi connectivity index (χ2n) is 5.42. The van der Waals surface area contributed by atoms with Gasteiger partial charge in [-0.1, -0.05) is 29.8 Å². The van der Waals surface area contributed by atoms with Gasteiger partial charge < -0.3 is 5.32 Å². The van der Waals surface area contributed by atoms with Crippen molar-refractivity contribution in [2.45, 2.75) is 40.3 Å². The average Bonchev–Trinajstić information content (AvgIpc) is 2.66. The first-order chi connectivity index (χ1) is 9.90. The Morgan fingerprint density at radius 2 is 2.00 bits per heavy atom. The Bertz CT molecular complexity index is 662. The lowest BCUT2D eigenvalue weighted by Gasteiger charge is -2.09. The Kier molecular flexibility index (Phi) is 4.68. The van der Waals surface area contributed by atoms with E-state index in [1.807, 2.05) is 56.6 Å². The first kappa shape index (κ1) is 15.6. The van der Waals surface area contributed by atoms with Crippen LogP contribution in [0.5, 0.6) is 0 Å². The molecular weight excluding hydrogens is 286 g/mol. The van der Waals surface area contributed by atoms with Crippen LogP contribution in [0.15, 0.2) is 24.3 Å². The molecule has 2 rings (SSSR count). The molecule has 1 aromatic carbocycles. The standard InChI is InChI=1S/C16H20ClN3O/c1-10(2)18-16(21)15-11(3)19-20(12(15)4)9-13-7-5-6-8-14(13)17/h5-8,10H,9H2,1-4H3,(H,18,21). The number of aromatic nitrogens is 2. The Morgan fingerprint density at radius 3 is 2.62 bits per heavy atom. The first-order valence-corrected chi connectivity index (χ1v) is 7.36. The lowest BCUT2D eigenvalue weighted by atomic mass is 10.1. The minimum Gasteiger partial charge on any atom is -0.350 e. The predicted octanol–water partition coefficient (Wildman–Crippen LogP) is 3.34. The van der Waals surface area contributed by atoms with Crippen molar-refractivity contribution < 1.29 is 4.79 Å². The van der Waals surface area contributed by atoms with Gasteiger partial charge in [0.25, 0.3) is 5.91 Å². The second kappa shape index (κ2) is 6.31. The number of carbonyl (C=O) groups is 1. The minimum atomic E-state index is -0.0783. The number of amides is 1. The van der Waals surface area contributed by atoms with Crippen LogP contribution in [0.2, 0.25) is 5.02 Å². The van der Waals surface area contributed by atoms with Crippen molar-refractivity contribution in [1.82, 2.24) is 15.1 Å². The lowest BCUT2D eigenvalue weighted by Crippen LogP contribution is -2.30. The molecule has 21 heavy (non-hydrogen) atoms. The number of carbonyl (C=O) groups excluding carboxylic acids is 1. The van der Waals surface area contributed by atoms with Gasteiger partial charge in [-0.15, -0.1) is 0 Å². The molecule has 0 saturated carbocycles. The summed E-state index contributed by atoms with van der Waals surface area (Å²) in [5.74, 6) is -0.0783. The molecule has 2 aromatic rings. The summed E-state index contributed by atoms with van der Waals surface area (Å²) in [5, 5.41) is 8.09. The highest BCUT2D eigenvalue weighted by Crippen LogP contribution is 2.19. The smallest absolute Gasteiger partial charge is 0.255 e. The Hall–Kier alpha value is -1.81. The number of nitrogens with zero attached hydrogens (tertiary/aromatic N) is 2. The normalized spacial score (nSPS) is 11.0. The Morgan fingerprint density at radius 1 is 1.33 bits per heavy atom. The first-order valence-electron chi connectivity index (χ1n) is 6.98. The monoisotopic (exact) mass is 305 g/mol. The molecule has 112 valence electrons. The highest BCUT2D eigenvalue weighted by molar-refractivity contribution is 6.31. The molecule has 1 N–H and O–H groups in total. The van der Waals surface area contributed by atoms with Crippen molar-refractivity contribution in [3.8, 4) is 0 Å². The summed E-state index contributed by atoms with van der Waals surface area (Å²) in [7, 11) is 0. The quantitative estimate of drug-likeness (QED) is 0.941. The number of aryl methyl sites for hydroxylation is 1. The Balaban J connectivity index is 2.31. The third-order valence-electron chi connectivity index (χ3n) is 3.31. The van der Waals surface area contributed by atoms with Gasteiger partial charge in [0, 0.05) is 16.8 Å². The molecule has 0 aliphatic carbocycles. The van der Waals surface area contributed by atoms with Crippen LogP contribution in [-0.2, 0) is 6.54 Å².